The van der Waals surface area contributed by atoms with E-state index in [0.717, 1.165) is 25.0 Å². The number of halogens is 5. The molecule has 0 unspecified atom stereocenters. The predicted molar refractivity (Wildman–Crippen MR) is 159 cm³/mol. The fourth-order valence-electron chi connectivity index (χ4n) is 4.87. The van der Waals surface area contributed by atoms with Gasteiger partial charge in [-0.15, -0.1) is 12.4 Å². The number of hydrazine groups is 1. The highest BCUT2D eigenvalue weighted by atomic mass is 35.5. The summed E-state index contributed by atoms with van der Waals surface area (Å²) in [6.45, 7) is 3.03. The number of imidazole rings is 1. The quantitative estimate of drug-likeness (QED) is 0.138. The minimum Gasteiger partial charge on any atom is -0.342 e. The normalized spacial score (nSPS) is 13.1. The van der Waals surface area contributed by atoms with Crippen molar-refractivity contribution in [2.45, 2.75) is 32.4 Å². The maximum absolute atomic E-state index is 13.6. The number of benzene rings is 3. The highest BCUT2D eigenvalue weighted by Gasteiger charge is 2.36. The van der Waals surface area contributed by atoms with Crippen molar-refractivity contribution in [3.8, 4) is 0 Å². The minimum absolute atomic E-state index is 0. The summed E-state index contributed by atoms with van der Waals surface area (Å²) in [7, 11) is 0. The van der Waals surface area contributed by atoms with Crippen molar-refractivity contribution in [2.75, 3.05) is 23.4 Å². The first-order valence-corrected chi connectivity index (χ1v) is 13.4. The van der Waals surface area contributed by atoms with Crippen molar-refractivity contribution >= 4 is 64.1 Å². The summed E-state index contributed by atoms with van der Waals surface area (Å²) in [5.74, 6) is 4.46. The Balaban J connectivity index is 0.00000423. The molecule has 1 aliphatic heterocycles. The maximum atomic E-state index is 13.6. The van der Waals surface area contributed by atoms with Crippen LogP contribution in [0.2, 0.25) is 5.02 Å². The molecular weight excluding hydrogens is 608 g/mol. The van der Waals surface area contributed by atoms with Gasteiger partial charge in [0.15, 0.2) is 0 Å². The lowest BCUT2D eigenvalue weighted by molar-refractivity contribution is -0.138. The largest absolute Gasteiger partial charge is 0.417 e. The molecule has 1 aliphatic rings. The number of hydrogen-bond donors (Lipinski definition) is 3. The van der Waals surface area contributed by atoms with E-state index in [1.807, 2.05) is 0 Å². The van der Waals surface area contributed by atoms with Gasteiger partial charge < -0.3 is 15.2 Å². The Bertz CT molecular complexity index is 1700. The van der Waals surface area contributed by atoms with Gasteiger partial charge >= 0.3 is 6.18 Å². The molecule has 4 N–H and O–H groups in total. The third kappa shape index (κ3) is 6.61. The number of anilines is 2. The van der Waals surface area contributed by atoms with Crippen LogP contribution in [0.4, 0.5) is 24.5 Å². The zero-order chi connectivity index (χ0) is 30.2. The lowest BCUT2D eigenvalue weighted by atomic mass is 10.1. The summed E-state index contributed by atoms with van der Waals surface area (Å²) >= 11 is 6.20. The van der Waals surface area contributed by atoms with E-state index in [1.165, 1.54) is 24.3 Å². The zero-order valence-electron chi connectivity index (χ0n) is 22.8. The number of carbonyl (C=O) groups is 3. The van der Waals surface area contributed by atoms with E-state index < -0.39 is 29.1 Å². The first-order chi connectivity index (χ1) is 19.9. The summed E-state index contributed by atoms with van der Waals surface area (Å²) in [5.41, 5.74) is -0.415. The number of rotatable bonds is 6. The summed E-state index contributed by atoms with van der Waals surface area (Å²) in [4.78, 5) is 48.8. The second-order valence-electron chi connectivity index (χ2n) is 9.92. The van der Waals surface area contributed by atoms with Gasteiger partial charge in [-0.1, -0.05) is 29.8 Å². The topological polar surface area (TPSA) is 124 Å². The number of nitrogens with zero attached hydrogens (tertiary/aromatic N) is 3. The van der Waals surface area contributed by atoms with Gasteiger partial charge in [-0.25, -0.2) is 15.8 Å². The van der Waals surface area contributed by atoms with Crippen molar-refractivity contribution < 1.29 is 27.6 Å². The number of fused-ring (bicyclic) bond motifs is 1. The van der Waals surface area contributed by atoms with Gasteiger partial charge in [0.1, 0.15) is 11.3 Å². The summed E-state index contributed by atoms with van der Waals surface area (Å²) in [5, 5.41) is 3.73. The van der Waals surface area contributed by atoms with Gasteiger partial charge in [-0.3, -0.25) is 14.4 Å². The van der Waals surface area contributed by atoms with Crippen LogP contribution in [0.5, 0.6) is 0 Å². The lowest BCUT2D eigenvalue weighted by Crippen LogP contribution is -2.38. The van der Waals surface area contributed by atoms with Crippen LogP contribution >= 0.6 is 24.0 Å². The fourth-order valence-corrected chi connectivity index (χ4v) is 5.04. The van der Waals surface area contributed by atoms with Crippen molar-refractivity contribution in [3.05, 3.63) is 87.7 Å². The first-order valence-electron chi connectivity index (χ1n) is 13.1. The number of nitrogens with two attached hydrogens (primary N) is 1. The molecule has 3 aromatic carbocycles. The molecule has 43 heavy (non-hydrogen) atoms. The second-order valence-corrected chi connectivity index (χ2v) is 10.3. The Hall–Kier alpha value is -4.13. The van der Waals surface area contributed by atoms with Gasteiger partial charge in [0.05, 0.1) is 34.3 Å². The zero-order valence-corrected chi connectivity index (χ0v) is 24.4. The summed E-state index contributed by atoms with van der Waals surface area (Å²) < 4.78 is 40.9. The number of hydrogen-bond acceptors (Lipinski definition) is 5. The standard InChI is InChI=1S/C29H26ClF3N6O3.ClH/c1-16-21(30)9-6-10-22(16)36-27(41)19-13-17(39(34)28(42)18-7-2-3-8-20(18)29(31,32)33)14-23-26(19)37-24(35-23)15-25(40)38-11-4-5-12-38;/h2-3,6-10,13-14H,4-5,11-12,15,34H2,1H3,(H,35,37)(H,36,41);1H. The highest BCUT2D eigenvalue weighted by molar-refractivity contribution is 6.32. The molecule has 0 aliphatic carbocycles. The van der Waals surface area contributed by atoms with E-state index in [4.69, 9.17) is 17.4 Å². The van der Waals surface area contributed by atoms with Crippen LogP contribution in [0.1, 0.15) is 50.5 Å². The van der Waals surface area contributed by atoms with Crippen LogP contribution in [-0.2, 0) is 17.4 Å². The molecule has 0 spiro atoms. The number of aromatic amines is 1. The lowest BCUT2D eigenvalue weighted by Gasteiger charge is -2.20. The van der Waals surface area contributed by atoms with E-state index in [1.54, 1.807) is 30.0 Å². The van der Waals surface area contributed by atoms with Crippen molar-refractivity contribution in [1.29, 1.82) is 0 Å². The van der Waals surface area contributed by atoms with Gasteiger partial charge in [-0.2, -0.15) is 13.2 Å². The maximum Gasteiger partial charge on any atom is 0.417 e. The molecule has 5 rings (SSSR count). The SMILES string of the molecule is Cc1c(Cl)cccc1NC(=O)c1cc(N(N)C(=O)c2ccccc2C(F)(F)F)cc2[nH]c(CC(=O)N3CCCC3)nc12.Cl. The molecule has 3 amide bonds. The molecule has 1 aromatic heterocycles. The number of alkyl halides is 3. The van der Waals surface area contributed by atoms with E-state index >= 15 is 0 Å². The number of likely N-dealkylation sites (tertiary alicyclic amines) is 1. The fraction of sp³-hybridized carbons (Fsp3) is 0.241. The Labute approximate surface area is 255 Å². The number of aromatic nitrogens is 2. The second kappa shape index (κ2) is 12.6. The monoisotopic (exact) mass is 634 g/mol. The van der Waals surface area contributed by atoms with E-state index in [-0.39, 0.29) is 52.8 Å². The summed E-state index contributed by atoms with van der Waals surface area (Å²) in [6.07, 6.45) is -3.01. The first kappa shape index (κ1) is 31.8. The molecule has 0 saturated carbocycles. The highest BCUT2D eigenvalue weighted by Crippen LogP contribution is 2.33. The Kier molecular flexibility index (Phi) is 9.33. The molecule has 1 saturated heterocycles. The van der Waals surface area contributed by atoms with Crippen LogP contribution in [0.3, 0.4) is 0 Å². The average molecular weight is 635 g/mol. The molecule has 1 fully saturated rings. The molecule has 0 bridgehead atoms. The van der Waals surface area contributed by atoms with Gasteiger partial charge in [-0.05, 0) is 61.7 Å². The van der Waals surface area contributed by atoms with Crippen LogP contribution in [0.15, 0.2) is 54.6 Å². The molecule has 9 nitrogen and oxygen atoms in total. The molecule has 2 heterocycles. The van der Waals surface area contributed by atoms with E-state index in [0.29, 0.717) is 34.4 Å². The third-order valence-electron chi connectivity index (χ3n) is 7.12. The Morgan fingerprint density at radius 3 is 2.47 bits per heavy atom. The molecule has 0 atom stereocenters. The van der Waals surface area contributed by atoms with Crippen molar-refractivity contribution in [3.63, 3.8) is 0 Å². The molecule has 4 aromatic rings. The molecular formula is C29H27Cl2F3N6O3. The number of nitrogens with one attached hydrogen (secondary N) is 2. The van der Waals surface area contributed by atoms with Crippen molar-refractivity contribution in [2.24, 2.45) is 5.84 Å². The van der Waals surface area contributed by atoms with Crippen LogP contribution in [-0.4, -0.2) is 45.7 Å². The predicted octanol–water partition coefficient (Wildman–Crippen LogP) is 5.90. The number of H-pyrrole nitrogens is 1. The van der Waals surface area contributed by atoms with Crippen LogP contribution in [0.25, 0.3) is 11.0 Å². The number of carbonyl (C=O) groups excluding carboxylic acids is 3. The number of amides is 3. The van der Waals surface area contributed by atoms with E-state index in [9.17, 15) is 27.6 Å². The molecule has 14 heteroatoms. The van der Waals surface area contributed by atoms with Gasteiger partial charge in [0.25, 0.3) is 11.8 Å². The smallest absolute Gasteiger partial charge is 0.342 e. The Morgan fingerprint density at radius 2 is 1.77 bits per heavy atom. The summed E-state index contributed by atoms with van der Waals surface area (Å²) in [6, 6.07) is 11.9. The van der Waals surface area contributed by atoms with E-state index in [2.05, 4.69) is 15.3 Å². The Morgan fingerprint density at radius 1 is 1.07 bits per heavy atom. The van der Waals surface area contributed by atoms with Crippen LogP contribution < -0.4 is 16.2 Å². The van der Waals surface area contributed by atoms with Crippen LogP contribution in [0, 0.1) is 6.92 Å². The van der Waals surface area contributed by atoms with Gasteiger partial charge in [0.2, 0.25) is 5.91 Å². The third-order valence-corrected chi connectivity index (χ3v) is 7.53. The minimum atomic E-state index is -4.79. The molecule has 0 radical (unpaired) electrons. The van der Waals surface area contributed by atoms with Crippen molar-refractivity contribution in [1.82, 2.24) is 14.9 Å². The average Bonchev–Trinajstić information content (AvgIpc) is 3.64. The molecule has 226 valence electrons. The van der Waals surface area contributed by atoms with Gasteiger partial charge in [0, 0.05) is 23.8 Å².